The topological polar surface area (TPSA) is 153 Å². The lowest BCUT2D eigenvalue weighted by molar-refractivity contribution is -0.141. The number of benzene rings is 1. The van der Waals surface area contributed by atoms with E-state index in [2.05, 4.69) is 38.1 Å². The molecule has 11 nitrogen and oxygen atoms in total. The highest BCUT2D eigenvalue weighted by Crippen LogP contribution is 2.54. The zero-order valence-corrected chi connectivity index (χ0v) is 24.1. The Balaban J connectivity index is 1.18. The Labute approximate surface area is 251 Å². The fourth-order valence-electron chi connectivity index (χ4n) is 7.31. The van der Waals surface area contributed by atoms with Gasteiger partial charge in [-0.15, -0.1) is 0 Å². The standard InChI is InChI=1S/C29H30Cl2N6O5/c30-17-5-6-18(31)22-21(17)35-25(36-22)29(42)37-11-16-12-1-2-13(9-12)20(16)23(37)27(40)34-19(10-14-7-8-32-26(14)39)24(38)28(41)33-15-3-4-15/h1-2,5-6,12-16,19-20,23H,3-4,7-11H2,(H,32,39)(H,33,41)(H,34,40)(H,35,36)/t12?,13?,14-,16?,19?,20?,23?/m0/s1. The van der Waals surface area contributed by atoms with Crippen LogP contribution in [0.25, 0.3) is 11.0 Å². The lowest BCUT2D eigenvalue weighted by Gasteiger charge is -2.30. The maximum atomic E-state index is 14.1. The summed E-state index contributed by atoms with van der Waals surface area (Å²) in [4.78, 5) is 75.4. The number of carbonyl (C=O) groups is 5. The van der Waals surface area contributed by atoms with Gasteiger partial charge in [0.1, 0.15) is 11.6 Å². The number of H-pyrrole nitrogens is 1. The molecule has 2 aliphatic heterocycles. The van der Waals surface area contributed by atoms with Crippen LogP contribution in [-0.2, 0) is 19.2 Å². The Hall–Kier alpha value is -3.44. The van der Waals surface area contributed by atoms with E-state index in [1.165, 1.54) is 4.90 Å². The second-order valence-corrected chi connectivity index (χ2v) is 12.9. The number of aromatic nitrogens is 2. The van der Waals surface area contributed by atoms with E-state index in [0.29, 0.717) is 40.6 Å². The van der Waals surface area contributed by atoms with E-state index in [1.54, 1.807) is 12.1 Å². The van der Waals surface area contributed by atoms with Gasteiger partial charge < -0.3 is 25.8 Å². The normalized spacial score (nSPS) is 30.0. The van der Waals surface area contributed by atoms with Crippen LogP contribution in [-0.4, -0.2) is 75.5 Å². The number of carbonyl (C=O) groups excluding carboxylic acids is 5. The molecule has 4 amide bonds. The van der Waals surface area contributed by atoms with Gasteiger partial charge in [0.05, 0.1) is 21.6 Å². The first kappa shape index (κ1) is 27.4. The molecule has 7 atom stereocenters. The second-order valence-electron chi connectivity index (χ2n) is 12.1. The number of fused-ring (bicyclic) bond motifs is 6. The van der Waals surface area contributed by atoms with Crippen LogP contribution >= 0.6 is 23.2 Å². The van der Waals surface area contributed by atoms with Crippen LogP contribution in [0.5, 0.6) is 0 Å². The molecule has 7 rings (SSSR count). The van der Waals surface area contributed by atoms with Crippen LogP contribution < -0.4 is 16.0 Å². The number of nitrogens with zero attached hydrogens (tertiary/aromatic N) is 2. The van der Waals surface area contributed by atoms with Gasteiger partial charge in [0.15, 0.2) is 5.82 Å². The fraction of sp³-hybridized carbons (Fsp3) is 0.517. The predicted molar refractivity (Wildman–Crippen MR) is 152 cm³/mol. The third kappa shape index (κ3) is 4.66. The molecule has 3 aliphatic carbocycles. The number of aromatic amines is 1. The first-order valence-corrected chi connectivity index (χ1v) is 15.2. The third-order valence-electron chi connectivity index (χ3n) is 9.53. The molecule has 0 radical (unpaired) electrons. The second kappa shape index (κ2) is 10.4. The van der Waals surface area contributed by atoms with Crippen molar-refractivity contribution >= 4 is 63.6 Å². The van der Waals surface area contributed by atoms with E-state index in [-0.39, 0.29) is 47.9 Å². The summed E-state index contributed by atoms with van der Waals surface area (Å²) in [5, 5.41) is 8.95. The first-order chi connectivity index (χ1) is 20.2. The first-order valence-electron chi connectivity index (χ1n) is 14.5. The number of amides is 4. The summed E-state index contributed by atoms with van der Waals surface area (Å²) in [5.74, 6) is -2.95. The van der Waals surface area contributed by atoms with Gasteiger partial charge in [-0.05, 0) is 67.9 Å². The van der Waals surface area contributed by atoms with Crippen molar-refractivity contribution in [2.24, 2.45) is 29.6 Å². The highest BCUT2D eigenvalue weighted by Gasteiger charge is 2.58. The van der Waals surface area contributed by atoms with Crippen molar-refractivity contribution in [1.82, 2.24) is 30.8 Å². The summed E-state index contributed by atoms with van der Waals surface area (Å²) in [6.07, 6.45) is 7.29. The molecular weight excluding hydrogens is 583 g/mol. The van der Waals surface area contributed by atoms with Crippen molar-refractivity contribution in [1.29, 1.82) is 0 Å². The minimum atomic E-state index is -1.20. The largest absolute Gasteiger partial charge is 0.356 e. The number of ketones is 1. The van der Waals surface area contributed by atoms with Crippen LogP contribution in [0.3, 0.4) is 0 Å². The van der Waals surface area contributed by atoms with Crippen molar-refractivity contribution in [3.63, 3.8) is 0 Å². The van der Waals surface area contributed by atoms with Gasteiger partial charge in [-0.1, -0.05) is 35.4 Å². The Bertz CT molecular complexity index is 1510. The van der Waals surface area contributed by atoms with Crippen LogP contribution in [0.1, 0.15) is 42.7 Å². The van der Waals surface area contributed by atoms with Crippen molar-refractivity contribution < 1.29 is 24.0 Å². The van der Waals surface area contributed by atoms with Gasteiger partial charge in [0.25, 0.3) is 11.8 Å². The predicted octanol–water partition coefficient (Wildman–Crippen LogP) is 1.99. The summed E-state index contributed by atoms with van der Waals surface area (Å²) in [6.45, 7) is 0.819. The molecule has 13 heteroatoms. The third-order valence-corrected chi connectivity index (χ3v) is 10.1. The number of Topliss-reactive ketones (excluding diaryl/α,β-unsaturated/α-hetero) is 1. The van der Waals surface area contributed by atoms with Gasteiger partial charge in [-0.25, -0.2) is 4.98 Å². The maximum Gasteiger partial charge on any atom is 0.290 e. The lowest BCUT2D eigenvalue weighted by atomic mass is 9.81. The lowest BCUT2D eigenvalue weighted by Crippen LogP contribution is -2.56. The maximum absolute atomic E-state index is 14.1. The summed E-state index contributed by atoms with van der Waals surface area (Å²) >= 11 is 12.6. The molecule has 4 N–H and O–H groups in total. The number of nitrogens with one attached hydrogen (secondary N) is 4. The van der Waals surface area contributed by atoms with Crippen molar-refractivity contribution in [3.8, 4) is 0 Å². The highest BCUT2D eigenvalue weighted by molar-refractivity contribution is 6.39. The minimum absolute atomic E-state index is 0.00971. The van der Waals surface area contributed by atoms with E-state index in [0.717, 1.165) is 19.3 Å². The van der Waals surface area contributed by atoms with E-state index in [1.807, 2.05) is 0 Å². The molecule has 0 spiro atoms. The van der Waals surface area contributed by atoms with Crippen molar-refractivity contribution in [2.75, 3.05) is 13.1 Å². The molecule has 3 heterocycles. The smallest absolute Gasteiger partial charge is 0.290 e. The number of halogens is 2. The monoisotopic (exact) mass is 612 g/mol. The van der Waals surface area contributed by atoms with E-state index >= 15 is 0 Å². The molecule has 1 aromatic heterocycles. The zero-order valence-electron chi connectivity index (χ0n) is 22.6. The fourth-order valence-corrected chi connectivity index (χ4v) is 7.71. The SMILES string of the molecule is O=C(NC1CC1)C(=O)C(C[C@@H]1CCNC1=O)NC(=O)C1C2C3C=CC(C3)C2CN1C(=O)c1nc2c(Cl)ccc(Cl)c2[nH]1. The van der Waals surface area contributed by atoms with E-state index in [4.69, 9.17) is 23.2 Å². The Morgan fingerprint density at radius 3 is 2.55 bits per heavy atom. The number of likely N-dealkylation sites (tertiary alicyclic amines) is 1. The van der Waals surface area contributed by atoms with Crippen LogP contribution in [0, 0.1) is 29.6 Å². The summed E-state index contributed by atoms with van der Waals surface area (Å²) in [5.41, 5.74) is 0.786. The molecule has 42 heavy (non-hydrogen) atoms. The Kier molecular flexibility index (Phi) is 6.77. The summed E-state index contributed by atoms with van der Waals surface area (Å²) in [7, 11) is 0. The molecule has 2 bridgehead atoms. The quantitative estimate of drug-likeness (QED) is 0.264. The van der Waals surface area contributed by atoms with Gasteiger partial charge in [-0.2, -0.15) is 0 Å². The minimum Gasteiger partial charge on any atom is -0.356 e. The van der Waals surface area contributed by atoms with Gasteiger partial charge in [0.2, 0.25) is 17.6 Å². The molecule has 2 saturated carbocycles. The molecule has 4 fully saturated rings. The van der Waals surface area contributed by atoms with Crippen LogP contribution in [0.4, 0.5) is 0 Å². The zero-order chi connectivity index (χ0) is 29.3. The van der Waals surface area contributed by atoms with Crippen molar-refractivity contribution in [2.45, 2.75) is 50.2 Å². The number of imidazole rings is 1. The molecule has 220 valence electrons. The van der Waals surface area contributed by atoms with Crippen LogP contribution in [0.15, 0.2) is 24.3 Å². The Morgan fingerprint density at radius 1 is 1.07 bits per heavy atom. The number of hydrogen-bond acceptors (Lipinski definition) is 6. The van der Waals surface area contributed by atoms with Gasteiger partial charge in [-0.3, -0.25) is 24.0 Å². The van der Waals surface area contributed by atoms with Crippen LogP contribution in [0.2, 0.25) is 10.0 Å². The molecular formula is C29H30Cl2N6O5. The molecule has 2 saturated heterocycles. The summed E-state index contributed by atoms with van der Waals surface area (Å²) in [6, 6.07) is 1.09. The molecule has 1 aromatic carbocycles. The molecule has 6 unspecified atom stereocenters. The number of hydrogen-bond donors (Lipinski definition) is 4. The van der Waals surface area contributed by atoms with E-state index < -0.39 is 41.5 Å². The molecule has 5 aliphatic rings. The van der Waals surface area contributed by atoms with Crippen molar-refractivity contribution in [3.05, 3.63) is 40.2 Å². The number of allylic oxidation sites excluding steroid dienone is 2. The highest BCUT2D eigenvalue weighted by atomic mass is 35.5. The van der Waals surface area contributed by atoms with Gasteiger partial charge in [0, 0.05) is 25.0 Å². The average Bonchev–Trinajstić information content (AvgIpc) is 3.46. The summed E-state index contributed by atoms with van der Waals surface area (Å²) < 4.78 is 0. The average molecular weight is 614 g/mol. The van der Waals surface area contributed by atoms with E-state index in [9.17, 15) is 24.0 Å². The number of rotatable bonds is 8. The Morgan fingerprint density at radius 2 is 1.83 bits per heavy atom. The molecule has 2 aromatic rings. The van der Waals surface area contributed by atoms with Gasteiger partial charge >= 0.3 is 0 Å².